The van der Waals surface area contributed by atoms with E-state index in [1.165, 1.54) is 6.08 Å². The average Bonchev–Trinajstić information content (AvgIpc) is 2.83. The monoisotopic (exact) mass is 450 g/mol. The molecule has 0 saturated carbocycles. The standard InChI is InChI=1S/C26H34N4O3/c1-5-7-9-20(18-29(4)24(32)6-2)16-23-19(3)26(30-12-14-33-15-13-30)28-25(27-23)21-10-8-11-22(31)17-21/h6,8,10-11,16-17,31H,2,5,7,9,12-15,18H2,1,3-4H3/b20-16+. The lowest BCUT2D eigenvalue weighted by Gasteiger charge is -2.29. The number of likely N-dealkylation sites (N-methyl/N-ethyl adjacent to an activating group) is 1. The number of aromatic hydroxyl groups is 1. The molecule has 33 heavy (non-hydrogen) atoms. The molecule has 1 saturated heterocycles. The third-order valence-electron chi connectivity index (χ3n) is 5.76. The number of phenols is 1. The minimum absolute atomic E-state index is 0.105. The van der Waals surface area contributed by atoms with Crippen LogP contribution in [0.15, 0.2) is 42.5 Å². The predicted molar refractivity (Wildman–Crippen MR) is 132 cm³/mol. The highest BCUT2D eigenvalue weighted by atomic mass is 16.5. The third kappa shape index (κ3) is 6.42. The second-order valence-corrected chi connectivity index (χ2v) is 8.34. The van der Waals surface area contributed by atoms with Gasteiger partial charge in [0.25, 0.3) is 0 Å². The lowest BCUT2D eigenvalue weighted by atomic mass is 10.0. The number of ether oxygens (including phenoxy) is 1. The molecule has 2 aromatic rings. The van der Waals surface area contributed by atoms with Gasteiger partial charge < -0.3 is 19.6 Å². The number of carbonyl (C=O) groups excluding carboxylic acids is 1. The first-order chi connectivity index (χ1) is 15.9. The van der Waals surface area contributed by atoms with E-state index in [0.29, 0.717) is 25.6 Å². The summed E-state index contributed by atoms with van der Waals surface area (Å²) in [5.74, 6) is 1.51. The molecule has 7 nitrogen and oxygen atoms in total. The number of unbranched alkanes of at least 4 members (excludes halogenated alkanes) is 1. The first-order valence-electron chi connectivity index (χ1n) is 11.5. The van der Waals surface area contributed by atoms with Crippen LogP contribution >= 0.6 is 0 Å². The molecule has 0 unspecified atom stereocenters. The Morgan fingerprint density at radius 1 is 1.30 bits per heavy atom. The van der Waals surface area contributed by atoms with Crippen LogP contribution in [0.2, 0.25) is 0 Å². The third-order valence-corrected chi connectivity index (χ3v) is 5.76. The normalized spacial score (nSPS) is 14.3. The van der Waals surface area contributed by atoms with Gasteiger partial charge >= 0.3 is 0 Å². The number of benzene rings is 1. The summed E-state index contributed by atoms with van der Waals surface area (Å²) >= 11 is 0. The second-order valence-electron chi connectivity index (χ2n) is 8.34. The van der Waals surface area contributed by atoms with Crippen molar-refractivity contribution in [2.75, 3.05) is 44.8 Å². The Hall–Kier alpha value is -3.19. The van der Waals surface area contributed by atoms with Gasteiger partial charge in [0.05, 0.1) is 18.9 Å². The number of nitrogens with zero attached hydrogens (tertiary/aromatic N) is 4. The van der Waals surface area contributed by atoms with Crippen molar-refractivity contribution >= 4 is 17.8 Å². The van der Waals surface area contributed by atoms with E-state index < -0.39 is 0 Å². The van der Waals surface area contributed by atoms with Crippen LogP contribution in [-0.2, 0) is 9.53 Å². The lowest BCUT2D eigenvalue weighted by molar-refractivity contribution is -0.124. The van der Waals surface area contributed by atoms with E-state index in [1.54, 1.807) is 30.1 Å². The molecule has 0 atom stereocenters. The zero-order valence-corrected chi connectivity index (χ0v) is 19.9. The summed E-state index contributed by atoms with van der Waals surface area (Å²) in [4.78, 5) is 25.7. The van der Waals surface area contributed by atoms with E-state index in [-0.39, 0.29) is 11.7 Å². The summed E-state index contributed by atoms with van der Waals surface area (Å²) in [6.45, 7) is 11.2. The fraction of sp³-hybridized carbons (Fsp3) is 0.423. The molecule has 1 N–H and O–H groups in total. The van der Waals surface area contributed by atoms with Gasteiger partial charge in [0, 0.05) is 37.8 Å². The molecule has 1 amide bonds. The highest BCUT2D eigenvalue weighted by molar-refractivity contribution is 5.87. The highest BCUT2D eigenvalue weighted by Gasteiger charge is 2.20. The molecule has 3 rings (SSSR count). The Morgan fingerprint density at radius 3 is 2.73 bits per heavy atom. The minimum Gasteiger partial charge on any atom is -0.508 e. The molecule has 0 aliphatic carbocycles. The van der Waals surface area contributed by atoms with Gasteiger partial charge in [-0.3, -0.25) is 4.79 Å². The van der Waals surface area contributed by atoms with E-state index in [2.05, 4.69) is 24.5 Å². The van der Waals surface area contributed by atoms with E-state index in [4.69, 9.17) is 14.7 Å². The molecule has 1 aromatic carbocycles. The fourth-order valence-electron chi connectivity index (χ4n) is 3.85. The Bertz CT molecular complexity index is 1010. The van der Waals surface area contributed by atoms with Crippen LogP contribution in [0.4, 0.5) is 5.82 Å². The molecule has 1 aromatic heterocycles. The number of aromatic nitrogens is 2. The smallest absolute Gasteiger partial charge is 0.245 e. The average molecular weight is 451 g/mol. The van der Waals surface area contributed by atoms with Crippen molar-refractivity contribution in [3.05, 3.63) is 53.8 Å². The SMILES string of the molecule is C=CC(=O)N(C)C/C(=C/c1nc(-c2cccc(O)c2)nc(N2CCOCC2)c1C)CCCC. The van der Waals surface area contributed by atoms with Crippen molar-refractivity contribution in [1.82, 2.24) is 14.9 Å². The van der Waals surface area contributed by atoms with E-state index >= 15 is 0 Å². The van der Waals surface area contributed by atoms with Crippen molar-refractivity contribution in [1.29, 1.82) is 0 Å². The van der Waals surface area contributed by atoms with Crippen LogP contribution in [0.1, 0.15) is 37.4 Å². The van der Waals surface area contributed by atoms with Gasteiger partial charge in [0.15, 0.2) is 5.82 Å². The number of hydrogen-bond acceptors (Lipinski definition) is 6. The van der Waals surface area contributed by atoms with Crippen molar-refractivity contribution in [2.24, 2.45) is 0 Å². The molecule has 0 spiro atoms. The second kappa shape index (κ2) is 11.6. The first-order valence-corrected chi connectivity index (χ1v) is 11.5. The first kappa shape index (κ1) is 24.5. The molecule has 0 bridgehead atoms. The van der Waals surface area contributed by atoms with Crippen molar-refractivity contribution in [2.45, 2.75) is 33.1 Å². The zero-order valence-electron chi connectivity index (χ0n) is 19.9. The number of morpholine rings is 1. The van der Waals surface area contributed by atoms with Gasteiger partial charge in [-0.15, -0.1) is 0 Å². The van der Waals surface area contributed by atoms with Crippen LogP contribution in [-0.4, -0.2) is 65.8 Å². The van der Waals surface area contributed by atoms with Crippen LogP contribution in [0.5, 0.6) is 5.75 Å². The van der Waals surface area contributed by atoms with Crippen molar-refractivity contribution < 1.29 is 14.6 Å². The molecular weight excluding hydrogens is 416 g/mol. The summed E-state index contributed by atoms with van der Waals surface area (Å²) in [5.41, 5.74) is 3.71. The van der Waals surface area contributed by atoms with Crippen molar-refractivity contribution in [3.63, 3.8) is 0 Å². The maximum absolute atomic E-state index is 12.1. The molecule has 1 aliphatic rings. The molecule has 1 fully saturated rings. The van der Waals surface area contributed by atoms with Gasteiger partial charge in [-0.25, -0.2) is 9.97 Å². The fourth-order valence-corrected chi connectivity index (χ4v) is 3.85. The van der Waals surface area contributed by atoms with Crippen molar-refractivity contribution in [3.8, 4) is 17.1 Å². The summed E-state index contributed by atoms with van der Waals surface area (Å²) in [6.07, 6.45) is 6.40. The highest BCUT2D eigenvalue weighted by Crippen LogP contribution is 2.29. The minimum atomic E-state index is -0.105. The van der Waals surface area contributed by atoms with Crippen LogP contribution < -0.4 is 4.90 Å². The molecule has 2 heterocycles. The Morgan fingerprint density at radius 2 is 2.06 bits per heavy atom. The van der Waals surface area contributed by atoms with E-state index in [0.717, 1.165) is 60.6 Å². The van der Waals surface area contributed by atoms with E-state index in [1.807, 2.05) is 13.0 Å². The number of amides is 1. The summed E-state index contributed by atoms with van der Waals surface area (Å²) in [6, 6.07) is 7.00. The molecule has 176 valence electrons. The number of rotatable bonds is 9. The molecule has 7 heteroatoms. The predicted octanol–water partition coefficient (Wildman–Crippen LogP) is 4.21. The Balaban J connectivity index is 2.09. The van der Waals surface area contributed by atoms with E-state index in [9.17, 15) is 9.90 Å². The number of carbonyl (C=O) groups is 1. The Kier molecular flexibility index (Phi) is 8.60. The van der Waals surface area contributed by atoms with Gasteiger partial charge in [0.1, 0.15) is 11.6 Å². The van der Waals surface area contributed by atoms with Gasteiger partial charge in [0.2, 0.25) is 5.91 Å². The lowest BCUT2D eigenvalue weighted by Crippen LogP contribution is -2.37. The summed E-state index contributed by atoms with van der Waals surface area (Å²) in [5, 5.41) is 9.99. The number of phenolic OH excluding ortho intramolecular Hbond substituents is 1. The summed E-state index contributed by atoms with van der Waals surface area (Å²) < 4.78 is 5.53. The topological polar surface area (TPSA) is 78.8 Å². The van der Waals surface area contributed by atoms with Crippen LogP contribution in [0.25, 0.3) is 17.5 Å². The molecular formula is C26H34N4O3. The Labute approximate surface area is 196 Å². The summed E-state index contributed by atoms with van der Waals surface area (Å²) in [7, 11) is 1.79. The largest absolute Gasteiger partial charge is 0.508 e. The molecule has 1 aliphatic heterocycles. The quantitative estimate of drug-likeness (QED) is 0.577. The maximum Gasteiger partial charge on any atom is 0.245 e. The van der Waals surface area contributed by atoms with Gasteiger partial charge in [-0.2, -0.15) is 0 Å². The number of hydrogen-bond donors (Lipinski definition) is 1. The number of anilines is 1. The van der Waals surface area contributed by atoms with Crippen LogP contribution in [0, 0.1) is 6.92 Å². The van der Waals surface area contributed by atoms with Crippen LogP contribution in [0.3, 0.4) is 0 Å². The van der Waals surface area contributed by atoms with Gasteiger partial charge in [-0.1, -0.05) is 32.1 Å². The maximum atomic E-state index is 12.1. The molecule has 0 radical (unpaired) electrons. The zero-order chi connectivity index (χ0) is 23.8. The van der Waals surface area contributed by atoms with Gasteiger partial charge in [-0.05, 0) is 49.6 Å².